The SMILES string of the molecule is C=C(C)c1c2cc(-c3nc(NC(=O)OC(C)(C)C)ncc3F)ccc2nn1C. The van der Waals surface area contributed by atoms with Gasteiger partial charge < -0.3 is 4.74 Å². The van der Waals surface area contributed by atoms with Crippen molar-refractivity contribution in [2.45, 2.75) is 33.3 Å². The molecule has 1 aromatic carbocycles. The maximum absolute atomic E-state index is 14.4. The summed E-state index contributed by atoms with van der Waals surface area (Å²) in [6.45, 7) is 11.1. The van der Waals surface area contributed by atoms with Crippen molar-refractivity contribution in [3.05, 3.63) is 42.5 Å². The summed E-state index contributed by atoms with van der Waals surface area (Å²) in [5.74, 6) is -0.646. The molecule has 2 aromatic heterocycles. The van der Waals surface area contributed by atoms with Gasteiger partial charge in [0.2, 0.25) is 5.95 Å². The van der Waals surface area contributed by atoms with Crippen LogP contribution in [0.5, 0.6) is 0 Å². The minimum absolute atomic E-state index is 0.0444. The van der Waals surface area contributed by atoms with E-state index in [2.05, 4.69) is 27.0 Å². The van der Waals surface area contributed by atoms with Gasteiger partial charge in [0.05, 0.1) is 17.4 Å². The molecule has 8 heteroatoms. The molecule has 0 aliphatic heterocycles. The summed E-state index contributed by atoms with van der Waals surface area (Å²) in [6, 6.07) is 5.31. The van der Waals surface area contributed by atoms with Gasteiger partial charge in [0.15, 0.2) is 5.82 Å². The number of aryl methyl sites for hydroxylation is 1. The molecule has 7 nitrogen and oxygen atoms in total. The second kappa shape index (κ2) is 7.03. The fraction of sp³-hybridized carbons (Fsp3) is 0.300. The van der Waals surface area contributed by atoms with Crippen LogP contribution in [0.3, 0.4) is 0 Å². The smallest absolute Gasteiger partial charge is 0.414 e. The largest absolute Gasteiger partial charge is 0.444 e. The summed E-state index contributed by atoms with van der Waals surface area (Å²) in [4.78, 5) is 19.9. The standard InChI is InChI=1S/C20H22FN5O2/c1-11(2)17-13-9-12(7-8-15(13)25-26(17)6)16-14(21)10-22-18(23-16)24-19(27)28-20(3,4)5/h7-10H,1H2,2-6H3,(H,22,23,24,27). The number of allylic oxidation sites excluding steroid dienone is 1. The van der Waals surface area contributed by atoms with Crippen molar-refractivity contribution >= 4 is 28.5 Å². The molecule has 0 aliphatic rings. The number of aromatic nitrogens is 4. The van der Waals surface area contributed by atoms with Crippen molar-refractivity contribution in [2.24, 2.45) is 7.05 Å². The number of carbonyl (C=O) groups excluding carboxylic acids is 1. The van der Waals surface area contributed by atoms with Crippen LogP contribution in [0.25, 0.3) is 27.7 Å². The van der Waals surface area contributed by atoms with E-state index in [0.29, 0.717) is 5.56 Å². The second-order valence-corrected chi connectivity index (χ2v) is 7.50. The third-order valence-corrected chi connectivity index (χ3v) is 3.87. The van der Waals surface area contributed by atoms with Crippen molar-refractivity contribution in [2.75, 3.05) is 5.32 Å². The first kappa shape index (κ1) is 19.5. The average Bonchev–Trinajstić information content (AvgIpc) is 2.89. The van der Waals surface area contributed by atoms with E-state index in [-0.39, 0.29) is 11.6 Å². The van der Waals surface area contributed by atoms with E-state index in [9.17, 15) is 9.18 Å². The third kappa shape index (κ3) is 4.00. The highest BCUT2D eigenvalue weighted by Crippen LogP contribution is 2.29. The highest BCUT2D eigenvalue weighted by Gasteiger charge is 2.19. The first-order valence-corrected chi connectivity index (χ1v) is 8.71. The quantitative estimate of drug-likeness (QED) is 0.717. The number of carbonyl (C=O) groups is 1. The fourth-order valence-corrected chi connectivity index (χ4v) is 2.88. The van der Waals surface area contributed by atoms with Crippen molar-refractivity contribution in [3.8, 4) is 11.3 Å². The Kier molecular flexibility index (Phi) is 4.89. The number of ether oxygens (including phenoxy) is 1. The zero-order valence-electron chi connectivity index (χ0n) is 16.5. The molecule has 3 rings (SSSR count). The molecular formula is C20H22FN5O2. The number of hydrogen-bond acceptors (Lipinski definition) is 5. The molecule has 0 spiro atoms. The normalized spacial score (nSPS) is 11.5. The molecule has 1 amide bonds. The Labute approximate surface area is 162 Å². The van der Waals surface area contributed by atoms with E-state index >= 15 is 0 Å². The van der Waals surface area contributed by atoms with Gasteiger partial charge in [-0.15, -0.1) is 0 Å². The van der Waals surface area contributed by atoms with Gasteiger partial charge >= 0.3 is 6.09 Å². The van der Waals surface area contributed by atoms with Gasteiger partial charge in [-0.05, 0) is 45.4 Å². The number of nitrogens with zero attached hydrogens (tertiary/aromatic N) is 4. The van der Waals surface area contributed by atoms with Crippen LogP contribution < -0.4 is 5.32 Å². The summed E-state index contributed by atoms with van der Waals surface area (Å²) in [5.41, 5.74) is 2.41. The number of hydrogen-bond donors (Lipinski definition) is 1. The minimum atomic E-state index is -0.711. The van der Waals surface area contributed by atoms with E-state index in [1.54, 1.807) is 43.7 Å². The highest BCUT2D eigenvalue weighted by atomic mass is 19.1. The van der Waals surface area contributed by atoms with Crippen LogP contribution in [-0.4, -0.2) is 31.4 Å². The van der Waals surface area contributed by atoms with Gasteiger partial charge in [-0.25, -0.2) is 19.2 Å². The molecule has 0 unspecified atom stereocenters. The van der Waals surface area contributed by atoms with Crippen molar-refractivity contribution < 1.29 is 13.9 Å². The van der Waals surface area contributed by atoms with Crippen LogP contribution in [0.4, 0.5) is 15.1 Å². The topological polar surface area (TPSA) is 81.9 Å². The Bertz CT molecular complexity index is 1080. The third-order valence-electron chi connectivity index (χ3n) is 3.87. The van der Waals surface area contributed by atoms with E-state index in [1.807, 2.05) is 14.0 Å². The van der Waals surface area contributed by atoms with Crippen LogP contribution >= 0.6 is 0 Å². The predicted octanol–water partition coefficient (Wildman–Crippen LogP) is 4.55. The molecule has 0 radical (unpaired) electrons. The molecule has 28 heavy (non-hydrogen) atoms. The van der Waals surface area contributed by atoms with E-state index in [4.69, 9.17) is 4.74 Å². The number of amides is 1. The Hall–Kier alpha value is -3.29. The molecule has 146 valence electrons. The average molecular weight is 383 g/mol. The van der Waals surface area contributed by atoms with Gasteiger partial charge in [0, 0.05) is 18.0 Å². The lowest BCUT2D eigenvalue weighted by Gasteiger charge is -2.19. The second-order valence-electron chi connectivity index (χ2n) is 7.50. The number of halogens is 1. The van der Waals surface area contributed by atoms with Crippen molar-refractivity contribution in [1.29, 1.82) is 0 Å². The number of fused-ring (bicyclic) bond motifs is 1. The van der Waals surface area contributed by atoms with Gasteiger partial charge in [-0.3, -0.25) is 10.00 Å². The Morgan fingerprint density at radius 3 is 2.68 bits per heavy atom. The molecule has 2 heterocycles. The summed E-state index contributed by atoms with van der Waals surface area (Å²) < 4.78 is 21.3. The zero-order chi connectivity index (χ0) is 20.6. The number of anilines is 1. The van der Waals surface area contributed by atoms with Crippen molar-refractivity contribution in [3.63, 3.8) is 0 Å². The molecule has 0 atom stereocenters. The summed E-state index contributed by atoms with van der Waals surface area (Å²) >= 11 is 0. The summed E-state index contributed by atoms with van der Waals surface area (Å²) in [7, 11) is 1.83. The number of benzene rings is 1. The number of rotatable bonds is 3. The van der Waals surface area contributed by atoms with E-state index in [1.165, 1.54) is 0 Å². The first-order chi connectivity index (χ1) is 13.0. The van der Waals surface area contributed by atoms with E-state index in [0.717, 1.165) is 28.4 Å². The lowest BCUT2D eigenvalue weighted by atomic mass is 10.1. The van der Waals surface area contributed by atoms with Crippen molar-refractivity contribution in [1.82, 2.24) is 19.7 Å². The van der Waals surface area contributed by atoms with Gasteiger partial charge in [-0.2, -0.15) is 5.10 Å². The highest BCUT2D eigenvalue weighted by molar-refractivity contribution is 5.93. The maximum Gasteiger partial charge on any atom is 0.414 e. The molecule has 0 saturated carbocycles. The lowest BCUT2D eigenvalue weighted by molar-refractivity contribution is 0.0634. The monoisotopic (exact) mass is 383 g/mol. The Balaban J connectivity index is 2.00. The van der Waals surface area contributed by atoms with Crippen LogP contribution in [0.2, 0.25) is 0 Å². The summed E-state index contributed by atoms with van der Waals surface area (Å²) in [6.07, 6.45) is 0.305. The van der Waals surface area contributed by atoms with Gasteiger partial charge in [0.25, 0.3) is 0 Å². The van der Waals surface area contributed by atoms with Crippen LogP contribution in [0.15, 0.2) is 31.0 Å². The van der Waals surface area contributed by atoms with Gasteiger partial charge in [0.1, 0.15) is 11.3 Å². The Morgan fingerprint density at radius 2 is 2.04 bits per heavy atom. The molecular weight excluding hydrogens is 361 g/mol. The summed E-state index contributed by atoms with van der Waals surface area (Å²) in [5, 5.41) is 7.70. The molecule has 1 N–H and O–H groups in total. The molecule has 0 saturated heterocycles. The fourth-order valence-electron chi connectivity index (χ4n) is 2.88. The zero-order valence-corrected chi connectivity index (χ0v) is 16.5. The van der Waals surface area contributed by atoms with Gasteiger partial charge in [-0.1, -0.05) is 12.6 Å². The van der Waals surface area contributed by atoms with E-state index < -0.39 is 17.5 Å². The first-order valence-electron chi connectivity index (χ1n) is 8.71. The van der Waals surface area contributed by atoms with Crippen LogP contribution in [-0.2, 0) is 11.8 Å². The van der Waals surface area contributed by atoms with Crippen LogP contribution in [0.1, 0.15) is 33.4 Å². The molecule has 0 fully saturated rings. The maximum atomic E-state index is 14.4. The molecule has 0 bridgehead atoms. The molecule has 0 aliphatic carbocycles. The van der Waals surface area contributed by atoms with Crippen LogP contribution in [0, 0.1) is 5.82 Å². The predicted molar refractivity (Wildman–Crippen MR) is 106 cm³/mol. The Morgan fingerprint density at radius 1 is 1.32 bits per heavy atom. The number of nitrogens with one attached hydrogen (secondary N) is 1. The minimum Gasteiger partial charge on any atom is -0.444 e. The molecule has 3 aromatic rings. The lowest BCUT2D eigenvalue weighted by Crippen LogP contribution is -2.27.